The van der Waals surface area contributed by atoms with Crippen LogP contribution < -0.4 is 10.6 Å². The zero-order chi connectivity index (χ0) is 17.5. The Bertz CT molecular complexity index is 684. The molecule has 25 heavy (non-hydrogen) atoms. The molecule has 0 unspecified atom stereocenters. The fourth-order valence-electron chi connectivity index (χ4n) is 3.14. The summed E-state index contributed by atoms with van der Waals surface area (Å²) in [5, 5.41) is 6.67. The van der Waals surface area contributed by atoms with Crippen LogP contribution in [0.25, 0.3) is 0 Å². The second-order valence-electron chi connectivity index (χ2n) is 6.49. The molecule has 0 aliphatic carbocycles. The summed E-state index contributed by atoms with van der Waals surface area (Å²) in [6.45, 7) is 3.48. The lowest BCUT2D eigenvalue weighted by Crippen LogP contribution is -2.47. The van der Waals surface area contributed by atoms with Crippen LogP contribution in [-0.4, -0.2) is 30.1 Å². The molecule has 2 aromatic carbocycles. The van der Waals surface area contributed by atoms with Gasteiger partial charge in [0.25, 0.3) is 0 Å². The van der Waals surface area contributed by atoms with Gasteiger partial charge in [0.1, 0.15) is 0 Å². The molecule has 0 radical (unpaired) electrons. The van der Waals surface area contributed by atoms with Crippen molar-refractivity contribution in [2.45, 2.75) is 32.0 Å². The Hall–Kier alpha value is -2.04. The van der Waals surface area contributed by atoms with Gasteiger partial charge in [0.2, 0.25) is 0 Å². The highest BCUT2D eigenvalue weighted by molar-refractivity contribution is 6.30. The summed E-state index contributed by atoms with van der Waals surface area (Å²) in [5.74, 6) is 0. The lowest BCUT2D eigenvalue weighted by molar-refractivity contribution is 0.186. The third-order valence-corrected chi connectivity index (χ3v) is 4.75. The van der Waals surface area contributed by atoms with Gasteiger partial charge in [-0.25, -0.2) is 4.79 Å². The predicted octanol–water partition coefficient (Wildman–Crippen LogP) is 3.80. The van der Waals surface area contributed by atoms with Gasteiger partial charge in [-0.3, -0.25) is 4.90 Å². The number of amides is 2. The van der Waals surface area contributed by atoms with E-state index in [0.717, 1.165) is 38.0 Å². The number of urea groups is 1. The molecule has 2 aromatic rings. The Morgan fingerprint density at radius 1 is 1.04 bits per heavy atom. The van der Waals surface area contributed by atoms with Gasteiger partial charge in [-0.15, -0.1) is 0 Å². The van der Waals surface area contributed by atoms with Crippen molar-refractivity contribution in [3.8, 4) is 0 Å². The minimum atomic E-state index is -0.110. The highest BCUT2D eigenvalue weighted by Crippen LogP contribution is 2.14. The SMILES string of the molecule is O=C(NCc1cccc(Cl)c1)NC1CCN(Cc2ccccc2)CC1. The highest BCUT2D eigenvalue weighted by atomic mass is 35.5. The number of piperidine rings is 1. The van der Waals surface area contributed by atoms with Gasteiger partial charge in [0.15, 0.2) is 0 Å². The van der Waals surface area contributed by atoms with E-state index in [-0.39, 0.29) is 12.1 Å². The summed E-state index contributed by atoms with van der Waals surface area (Å²) >= 11 is 5.95. The summed E-state index contributed by atoms with van der Waals surface area (Å²) < 4.78 is 0. The van der Waals surface area contributed by atoms with Gasteiger partial charge in [-0.2, -0.15) is 0 Å². The largest absolute Gasteiger partial charge is 0.335 e. The second-order valence-corrected chi connectivity index (χ2v) is 6.93. The topological polar surface area (TPSA) is 44.4 Å². The number of rotatable bonds is 5. The van der Waals surface area contributed by atoms with Crippen LogP contribution in [-0.2, 0) is 13.1 Å². The summed E-state index contributed by atoms with van der Waals surface area (Å²) in [6.07, 6.45) is 1.97. The van der Waals surface area contributed by atoms with Gasteiger partial charge in [0, 0.05) is 37.2 Å². The Kier molecular flexibility index (Phi) is 6.31. The maximum atomic E-state index is 12.1. The first-order chi connectivity index (χ1) is 12.2. The molecule has 0 aromatic heterocycles. The normalized spacial score (nSPS) is 15.7. The van der Waals surface area contributed by atoms with Crippen LogP contribution in [0.4, 0.5) is 4.79 Å². The lowest BCUT2D eigenvalue weighted by Gasteiger charge is -2.32. The van der Waals surface area contributed by atoms with E-state index in [1.54, 1.807) is 0 Å². The molecular weight excluding hydrogens is 334 g/mol. The van der Waals surface area contributed by atoms with Gasteiger partial charge < -0.3 is 10.6 Å². The van der Waals surface area contributed by atoms with Crippen LogP contribution in [0, 0.1) is 0 Å². The molecule has 1 aliphatic rings. The van der Waals surface area contributed by atoms with Crippen molar-refractivity contribution in [2.24, 2.45) is 0 Å². The smallest absolute Gasteiger partial charge is 0.315 e. The number of halogens is 1. The predicted molar refractivity (Wildman–Crippen MR) is 102 cm³/mol. The Morgan fingerprint density at radius 2 is 1.76 bits per heavy atom. The number of carbonyl (C=O) groups excluding carboxylic acids is 1. The number of nitrogens with zero attached hydrogens (tertiary/aromatic N) is 1. The van der Waals surface area contributed by atoms with Crippen LogP contribution in [0.1, 0.15) is 24.0 Å². The molecular formula is C20H24ClN3O. The van der Waals surface area contributed by atoms with E-state index in [9.17, 15) is 4.79 Å². The van der Waals surface area contributed by atoms with Crippen LogP contribution in [0.3, 0.4) is 0 Å². The minimum Gasteiger partial charge on any atom is -0.335 e. The summed E-state index contributed by atoms with van der Waals surface area (Å²) in [7, 11) is 0. The number of likely N-dealkylation sites (tertiary alicyclic amines) is 1. The summed E-state index contributed by atoms with van der Waals surface area (Å²) in [6, 6.07) is 18.2. The molecule has 5 heteroatoms. The number of nitrogens with one attached hydrogen (secondary N) is 2. The summed E-state index contributed by atoms with van der Waals surface area (Å²) in [4.78, 5) is 14.5. The number of benzene rings is 2. The van der Waals surface area contributed by atoms with Crippen molar-refractivity contribution in [1.29, 1.82) is 0 Å². The Morgan fingerprint density at radius 3 is 2.48 bits per heavy atom. The monoisotopic (exact) mass is 357 g/mol. The molecule has 1 aliphatic heterocycles. The maximum Gasteiger partial charge on any atom is 0.315 e. The number of hydrogen-bond acceptors (Lipinski definition) is 2. The maximum absolute atomic E-state index is 12.1. The average Bonchev–Trinajstić information content (AvgIpc) is 2.63. The van der Waals surface area contributed by atoms with E-state index < -0.39 is 0 Å². The van der Waals surface area contributed by atoms with Crippen LogP contribution in [0.2, 0.25) is 5.02 Å². The molecule has 2 amide bonds. The van der Waals surface area contributed by atoms with E-state index in [0.29, 0.717) is 11.6 Å². The van der Waals surface area contributed by atoms with Crippen LogP contribution >= 0.6 is 11.6 Å². The van der Waals surface area contributed by atoms with Crippen molar-refractivity contribution >= 4 is 17.6 Å². The molecule has 3 rings (SSSR count). The third-order valence-electron chi connectivity index (χ3n) is 4.51. The molecule has 0 atom stereocenters. The first kappa shape index (κ1) is 17.8. The molecule has 4 nitrogen and oxygen atoms in total. The molecule has 1 saturated heterocycles. The van der Waals surface area contributed by atoms with Crippen molar-refractivity contribution in [2.75, 3.05) is 13.1 Å². The fourth-order valence-corrected chi connectivity index (χ4v) is 3.36. The molecule has 1 heterocycles. The molecule has 1 fully saturated rings. The Balaban J connectivity index is 1.37. The van der Waals surface area contributed by atoms with Crippen LogP contribution in [0.5, 0.6) is 0 Å². The fraction of sp³-hybridized carbons (Fsp3) is 0.350. The third kappa shape index (κ3) is 5.76. The first-order valence-electron chi connectivity index (χ1n) is 8.74. The molecule has 0 saturated carbocycles. The first-order valence-corrected chi connectivity index (χ1v) is 9.12. The highest BCUT2D eigenvalue weighted by Gasteiger charge is 2.20. The zero-order valence-electron chi connectivity index (χ0n) is 14.2. The number of carbonyl (C=O) groups is 1. The quantitative estimate of drug-likeness (QED) is 0.854. The number of hydrogen-bond donors (Lipinski definition) is 2. The Labute approximate surface area is 154 Å². The van der Waals surface area contributed by atoms with Crippen LogP contribution in [0.15, 0.2) is 54.6 Å². The standard InChI is InChI=1S/C20H24ClN3O/c21-18-8-4-7-17(13-18)14-22-20(25)23-19-9-11-24(12-10-19)15-16-5-2-1-3-6-16/h1-8,13,19H,9-12,14-15H2,(H2,22,23,25). The van der Waals surface area contributed by atoms with E-state index in [1.165, 1.54) is 5.56 Å². The van der Waals surface area contributed by atoms with Crippen molar-refractivity contribution in [3.63, 3.8) is 0 Å². The average molecular weight is 358 g/mol. The zero-order valence-corrected chi connectivity index (χ0v) is 15.0. The molecule has 132 valence electrons. The van der Waals surface area contributed by atoms with Gasteiger partial charge in [-0.05, 0) is 36.1 Å². The molecule has 0 spiro atoms. The molecule has 0 bridgehead atoms. The van der Waals surface area contributed by atoms with E-state index in [4.69, 9.17) is 11.6 Å². The van der Waals surface area contributed by atoms with Gasteiger partial charge >= 0.3 is 6.03 Å². The van der Waals surface area contributed by atoms with Crippen molar-refractivity contribution in [1.82, 2.24) is 15.5 Å². The second kappa shape index (κ2) is 8.88. The summed E-state index contributed by atoms with van der Waals surface area (Å²) in [5.41, 5.74) is 2.34. The lowest BCUT2D eigenvalue weighted by atomic mass is 10.0. The van der Waals surface area contributed by atoms with Gasteiger partial charge in [-0.1, -0.05) is 54.1 Å². The van der Waals surface area contributed by atoms with Gasteiger partial charge in [0.05, 0.1) is 0 Å². The van der Waals surface area contributed by atoms with E-state index in [2.05, 4.69) is 39.8 Å². The van der Waals surface area contributed by atoms with E-state index >= 15 is 0 Å². The van der Waals surface area contributed by atoms with Crippen molar-refractivity contribution in [3.05, 3.63) is 70.7 Å². The minimum absolute atomic E-state index is 0.110. The van der Waals surface area contributed by atoms with Crippen molar-refractivity contribution < 1.29 is 4.79 Å². The van der Waals surface area contributed by atoms with E-state index in [1.807, 2.05) is 30.3 Å². The molecule has 2 N–H and O–H groups in total.